The van der Waals surface area contributed by atoms with Gasteiger partial charge < -0.3 is 10.3 Å². The van der Waals surface area contributed by atoms with E-state index in [1.807, 2.05) is 12.1 Å². The minimum Gasteiger partial charge on any atom is -0.338 e. The lowest BCUT2D eigenvalue weighted by Crippen LogP contribution is -1.95. The van der Waals surface area contributed by atoms with E-state index >= 15 is 0 Å². The van der Waals surface area contributed by atoms with Crippen molar-refractivity contribution in [3.05, 3.63) is 35.7 Å². The largest absolute Gasteiger partial charge is 0.338 e. The molecule has 1 heterocycles. The average molecular weight is 215 g/mol. The van der Waals surface area contributed by atoms with Gasteiger partial charge in [0, 0.05) is 5.56 Å². The van der Waals surface area contributed by atoms with Gasteiger partial charge in [-0.1, -0.05) is 29.4 Å². The van der Waals surface area contributed by atoms with Gasteiger partial charge in [-0.25, -0.2) is 0 Å². The summed E-state index contributed by atoms with van der Waals surface area (Å²) >= 11 is 0. The molecule has 0 atom stereocenters. The molecule has 0 radical (unpaired) electrons. The third-order valence-corrected chi connectivity index (χ3v) is 2.86. The highest BCUT2D eigenvalue weighted by atomic mass is 16.5. The van der Waals surface area contributed by atoms with Crippen LogP contribution >= 0.6 is 0 Å². The van der Waals surface area contributed by atoms with E-state index in [9.17, 15) is 0 Å². The van der Waals surface area contributed by atoms with E-state index in [2.05, 4.69) is 22.3 Å². The van der Waals surface area contributed by atoms with Crippen LogP contribution in [-0.2, 0) is 6.54 Å². The second kappa shape index (κ2) is 3.72. The molecule has 4 nitrogen and oxygen atoms in total. The van der Waals surface area contributed by atoms with Gasteiger partial charge in [-0.05, 0) is 24.3 Å². The zero-order valence-electron chi connectivity index (χ0n) is 8.89. The second-order valence-electron chi connectivity index (χ2n) is 4.11. The van der Waals surface area contributed by atoms with Crippen molar-refractivity contribution < 1.29 is 4.52 Å². The fourth-order valence-corrected chi connectivity index (χ4v) is 1.78. The van der Waals surface area contributed by atoms with Crippen molar-refractivity contribution in [1.29, 1.82) is 0 Å². The molecule has 82 valence electrons. The standard InChI is InChI=1S/C12H13N3O/c13-7-11-14-12(15-16-11)10-5-3-9(4-6-10)8-1-2-8/h3-6,8H,1-2,7,13H2. The topological polar surface area (TPSA) is 64.9 Å². The first-order valence-corrected chi connectivity index (χ1v) is 5.50. The second-order valence-corrected chi connectivity index (χ2v) is 4.11. The average Bonchev–Trinajstić information content (AvgIpc) is 3.07. The van der Waals surface area contributed by atoms with Crippen LogP contribution in [0.4, 0.5) is 0 Å². The van der Waals surface area contributed by atoms with Crippen molar-refractivity contribution in [1.82, 2.24) is 10.1 Å². The maximum absolute atomic E-state index is 5.42. The molecule has 1 fully saturated rings. The first kappa shape index (κ1) is 9.54. The lowest BCUT2D eigenvalue weighted by atomic mass is 10.1. The third kappa shape index (κ3) is 1.72. The van der Waals surface area contributed by atoms with Crippen LogP contribution in [0, 0.1) is 0 Å². The molecule has 0 saturated heterocycles. The Kier molecular flexibility index (Phi) is 2.22. The van der Waals surface area contributed by atoms with Crippen LogP contribution in [-0.4, -0.2) is 10.1 Å². The minimum atomic E-state index is 0.285. The number of nitrogens with two attached hydrogens (primary N) is 1. The highest BCUT2D eigenvalue weighted by molar-refractivity contribution is 5.55. The summed E-state index contributed by atoms with van der Waals surface area (Å²) in [4.78, 5) is 4.19. The Hall–Kier alpha value is -1.68. The lowest BCUT2D eigenvalue weighted by molar-refractivity contribution is 0.380. The van der Waals surface area contributed by atoms with Crippen molar-refractivity contribution in [3.8, 4) is 11.4 Å². The van der Waals surface area contributed by atoms with Crippen molar-refractivity contribution in [2.45, 2.75) is 25.3 Å². The summed E-state index contributed by atoms with van der Waals surface area (Å²) in [5.74, 6) is 1.86. The van der Waals surface area contributed by atoms with Crippen molar-refractivity contribution in [2.24, 2.45) is 5.73 Å². The van der Waals surface area contributed by atoms with Gasteiger partial charge in [0.05, 0.1) is 6.54 Å². The number of benzene rings is 1. The van der Waals surface area contributed by atoms with Gasteiger partial charge in [-0.2, -0.15) is 4.98 Å². The van der Waals surface area contributed by atoms with Crippen LogP contribution in [0.25, 0.3) is 11.4 Å². The van der Waals surface area contributed by atoms with E-state index in [0.29, 0.717) is 11.7 Å². The molecule has 0 spiro atoms. The van der Waals surface area contributed by atoms with E-state index in [4.69, 9.17) is 10.3 Å². The van der Waals surface area contributed by atoms with Gasteiger partial charge in [0.1, 0.15) is 0 Å². The molecule has 1 aromatic carbocycles. The summed E-state index contributed by atoms with van der Waals surface area (Å²) in [7, 11) is 0. The Morgan fingerprint density at radius 1 is 1.25 bits per heavy atom. The smallest absolute Gasteiger partial charge is 0.240 e. The quantitative estimate of drug-likeness (QED) is 0.851. The van der Waals surface area contributed by atoms with E-state index < -0.39 is 0 Å². The molecule has 3 rings (SSSR count). The van der Waals surface area contributed by atoms with Gasteiger partial charge in [0.15, 0.2) is 0 Å². The lowest BCUT2D eigenvalue weighted by Gasteiger charge is -1.98. The predicted molar refractivity (Wildman–Crippen MR) is 59.6 cm³/mol. The molecule has 1 saturated carbocycles. The normalized spacial score (nSPS) is 15.3. The summed E-state index contributed by atoms with van der Waals surface area (Å²) < 4.78 is 4.97. The van der Waals surface area contributed by atoms with Crippen LogP contribution in [0.2, 0.25) is 0 Å². The van der Waals surface area contributed by atoms with Gasteiger partial charge in [-0.3, -0.25) is 0 Å². The maximum atomic E-state index is 5.42. The van der Waals surface area contributed by atoms with Crippen LogP contribution in [0.3, 0.4) is 0 Å². The van der Waals surface area contributed by atoms with Crippen molar-refractivity contribution >= 4 is 0 Å². The van der Waals surface area contributed by atoms with Crippen LogP contribution < -0.4 is 5.73 Å². The van der Waals surface area contributed by atoms with Crippen LogP contribution in [0.15, 0.2) is 28.8 Å². The zero-order valence-corrected chi connectivity index (χ0v) is 8.89. The molecule has 0 amide bonds. The predicted octanol–water partition coefficient (Wildman–Crippen LogP) is 2.07. The number of hydrogen-bond acceptors (Lipinski definition) is 4. The summed E-state index contributed by atoms with van der Waals surface area (Å²) in [5.41, 5.74) is 7.81. The molecule has 1 aliphatic rings. The molecule has 2 aromatic rings. The molecule has 1 aromatic heterocycles. The Balaban J connectivity index is 1.87. The summed E-state index contributed by atoms with van der Waals surface area (Å²) in [5, 5.41) is 3.88. The molecule has 2 N–H and O–H groups in total. The molecular weight excluding hydrogens is 202 g/mol. The van der Waals surface area contributed by atoms with Gasteiger partial charge >= 0.3 is 0 Å². The molecule has 0 unspecified atom stereocenters. The number of rotatable bonds is 3. The third-order valence-electron chi connectivity index (χ3n) is 2.86. The van der Waals surface area contributed by atoms with E-state index in [1.54, 1.807) is 0 Å². The fraction of sp³-hybridized carbons (Fsp3) is 0.333. The Labute approximate surface area is 93.5 Å². The Morgan fingerprint density at radius 2 is 2.00 bits per heavy atom. The maximum Gasteiger partial charge on any atom is 0.240 e. The first-order valence-electron chi connectivity index (χ1n) is 5.50. The van der Waals surface area contributed by atoms with Crippen molar-refractivity contribution in [3.63, 3.8) is 0 Å². The van der Waals surface area contributed by atoms with E-state index in [-0.39, 0.29) is 6.54 Å². The molecule has 16 heavy (non-hydrogen) atoms. The summed E-state index contributed by atoms with van der Waals surface area (Å²) in [6.45, 7) is 0.285. The number of nitrogens with zero attached hydrogens (tertiary/aromatic N) is 2. The minimum absolute atomic E-state index is 0.285. The van der Waals surface area contributed by atoms with Gasteiger partial charge in [-0.15, -0.1) is 0 Å². The molecule has 0 bridgehead atoms. The first-order chi connectivity index (χ1) is 7.86. The Morgan fingerprint density at radius 3 is 2.56 bits per heavy atom. The Bertz CT molecular complexity index is 485. The van der Waals surface area contributed by atoms with Gasteiger partial charge in [0.25, 0.3) is 0 Å². The number of hydrogen-bond donors (Lipinski definition) is 1. The van der Waals surface area contributed by atoms with Gasteiger partial charge in [0.2, 0.25) is 11.7 Å². The van der Waals surface area contributed by atoms with Crippen LogP contribution in [0.5, 0.6) is 0 Å². The zero-order chi connectivity index (χ0) is 11.0. The molecule has 1 aliphatic carbocycles. The molecule has 4 heteroatoms. The number of aromatic nitrogens is 2. The van der Waals surface area contributed by atoms with E-state index in [0.717, 1.165) is 11.5 Å². The fourth-order valence-electron chi connectivity index (χ4n) is 1.78. The van der Waals surface area contributed by atoms with E-state index in [1.165, 1.54) is 18.4 Å². The van der Waals surface area contributed by atoms with Crippen LogP contribution in [0.1, 0.15) is 30.2 Å². The highest BCUT2D eigenvalue weighted by Gasteiger charge is 2.23. The summed E-state index contributed by atoms with van der Waals surface area (Å²) in [6, 6.07) is 8.37. The monoisotopic (exact) mass is 215 g/mol. The SMILES string of the molecule is NCc1nc(-c2ccc(C3CC3)cc2)no1. The van der Waals surface area contributed by atoms with Crippen molar-refractivity contribution in [2.75, 3.05) is 0 Å². The highest BCUT2D eigenvalue weighted by Crippen LogP contribution is 2.40. The molecule has 0 aliphatic heterocycles. The molecular formula is C12H13N3O. The summed E-state index contributed by atoms with van der Waals surface area (Å²) in [6.07, 6.45) is 2.64.